The molecule has 2 fully saturated rings. The van der Waals surface area contributed by atoms with Crippen LogP contribution in [-0.4, -0.2) is 18.6 Å². The minimum Gasteiger partial charge on any atom is -0.376 e. The number of halogens is 1. The molecule has 0 amide bonds. The Hall–Kier alpha value is 0.250. The van der Waals surface area contributed by atoms with Crippen LogP contribution in [0.25, 0.3) is 0 Å². The van der Waals surface area contributed by atoms with Gasteiger partial charge < -0.3 is 4.74 Å². The Morgan fingerprint density at radius 2 is 2.33 bits per heavy atom. The zero-order valence-electron chi connectivity index (χ0n) is 5.40. The van der Waals surface area contributed by atoms with Gasteiger partial charge in [0, 0.05) is 5.88 Å². The Bertz CT molecular complexity index is 120. The van der Waals surface area contributed by atoms with Gasteiger partial charge in [-0.2, -0.15) is 0 Å². The van der Waals surface area contributed by atoms with Crippen molar-refractivity contribution in [2.45, 2.75) is 25.4 Å². The van der Waals surface area contributed by atoms with Gasteiger partial charge in [-0.25, -0.2) is 0 Å². The van der Waals surface area contributed by atoms with Crippen molar-refractivity contribution in [2.75, 3.05) is 12.5 Å². The summed E-state index contributed by atoms with van der Waals surface area (Å²) in [4.78, 5) is 0. The lowest BCUT2D eigenvalue weighted by molar-refractivity contribution is 0.120. The molecule has 0 bridgehead atoms. The minimum absolute atomic E-state index is 0.594. The Morgan fingerprint density at radius 1 is 1.56 bits per heavy atom. The van der Waals surface area contributed by atoms with Crippen LogP contribution in [0.4, 0.5) is 0 Å². The van der Waals surface area contributed by atoms with E-state index >= 15 is 0 Å². The topological polar surface area (TPSA) is 9.23 Å². The van der Waals surface area contributed by atoms with E-state index in [1.54, 1.807) is 0 Å². The fraction of sp³-hybridized carbons (Fsp3) is 1.00. The van der Waals surface area contributed by atoms with Crippen LogP contribution in [0.3, 0.4) is 0 Å². The molecule has 1 atom stereocenters. The predicted molar refractivity (Wildman–Crippen MR) is 36.7 cm³/mol. The van der Waals surface area contributed by atoms with Crippen molar-refractivity contribution in [2.24, 2.45) is 5.41 Å². The van der Waals surface area contributed by atoms with Crippen LogP contribution in [0.2, 0.25) is 0 Å². The maximum atomic E-state index is 5.46. The quantitative estimate of drug-likeness (QED) is 0.552. The highest BCUT2D eigenvalue weighted by Crippen LogP contribution is 2.67. The highest BCUT2D eigenvalue weighted by atomic mass is 35.5. The van der Waals surface area contributed by atoms with Gasteiger partial charge in [-0.1, -0.05) is 0 Å². The summed E-state index contributed by atoms with van der Waals surface area (Å²) in [6.45, 7) is 0.744. The molecular weight excluding hydrogens is 136 g/mol. The molecule has 2 saturated carbocycles. The largest absolute Gasteiger partial charge is 0.376 e. The summed E-state index contributed by atoms with van der Waals surface area (Å²) in [6.07, 6.45) is 4.71. The highest BCUT2D eigenvalue weighted by Gasteiger charge is 2.63. The summed E-state index contributed by atoms with van der Waals surface area (Å²) in [7, 11) is 0. The summed E-state index contributed by atoms with van der Waals surface area (Å²) in [6, 6.07) is 0. The molecule has 2 heteroatoms. The van der Waals surface area contributed by atoms with Gasteiger partial charge >= 0.3 is 0 Å². The minimum atomic E-state index is 0.594. The summed E-state index contributed by atoms with van der Waals surface area (Å²) in [5, 5.41) is 0. The van der Waals surface area contributed by atoms with E-state index in [-0.39, 0.29) is 0 Å². The van der Waals surface area contributed by atoms with Gasteiger partial charge in [0.15, 0.2) is 0 Å². The molecular formula is C7H11ClO. The summed E-state index contributed by atoms with van der Waals surface area (Å²) >= 11 is 5.46. The smallest absolute Gasteiger partial charge is 0.0639 e. The monoisotopic (exact) mass is 146 g/mol. The number of ether oxygens (including phenoxy) is 1. The second-order valence-electron chi connectivity index (χ2n) is 3.11. The molecule has 0 aliphatic heterocycles. The van der Waals surface area contributed by atoms with E-state index in [1.807, 2.05) is 0 Å². The van der Waals surface area contributed by atoms with Gasteiger partial charge in [0.05, 0.1) is 12.7 Å². The van der Waals surface area contributed by atoms with E-state index in [0.29, 0.717) is 17.4 Å². The van der Waals surface area contributed by atoms with E-state index in [9.17, 15) is 0 Å². The van der Waals surface area contributed by atoms with E-state index in [0.717, 1.165) is 6.61 Å². The van der Waals surface area contributed by atoms with Crippen molar-refractivity contribution in [1.29, 1.82) is 0 Å². The highest BCUT2D eigenvalue weighted by molar-refractivity contribution is 6.17. The van der Waals surface area contributed by atoms with Crippen molar-refractivity contribution in [1.82, 2.24) is 0 Å². The first-order valence-electron chi connectivity index (χ1n) is 3.55. The molecule has 1 unspecified atom stereocenters. The lowest BCUT2D eigenvalue weighted by Crippen LogP contribution is -1.99. The Labute approximate surface area is 60.3 Å². The van der Waals surface area contributed by atoms with Crippen LogP contribution in [0.15, 0.2) is 0 Å². The molecule has 52 valence electrons. The third kappa shape index (κ3) is 0.968. The molecule has 0 N–H and O–H groups in total. The molecule has 0 heterocycles. The number of hydrogen-bond donors (Lipinski definition) is 0. The van der Waals surface area contributed by atoms with Gasteiger partial charge in [-0.05, 0) is 24.7 Å². The standard InChI is InChI=1S/C7H11ClO/c8-3-4-9-6-5-7(6)1-2-7/h6H,1-5H2. The summed E-state index contributed by atoms with van der Waals surface area (Å²) < 4.78 is 5.45. The molecule has 0 aromatic rings. The van der Waals surface area contributed by atoms with Gasteiger partial charge in [-0.15, -0.1) is 11.6 Å². The number of hydrogen-bond acceptors (Lipinski definition) is 1. The second kappa shape index (κ2) is 1.86. The van der Waals surface area contributed by atoms with E-state index in [1.165, 1.54) is 19.3 Å². The third-order valence-corrected chi connectivity index (χ3v) is 2.56. The molecule has 1 spiro atoms. The first-order valence-corrected chi connectivity index (χ1v) is 4.08. The molecule has 0 aromatic heterocycles. The van der Waals surface area contributed by atoms with Crippen molar-refractivity contribution in [3.63, 3.8) is 0 Å². The fourth-order valence-electron chi connectivity index (χ4n) is 1.42. The Kier molecular flexibility index (Phi) is 1.24. The first-order chi connectivity index (χ1) is 4.37. The van der Waals surface area contributed by atoms with Crippen molar-refractivity contribution >= 4 is 11.6 Å². The fourth-order valence-corrected chi connectivity index (χ4v) is 1.51. The van der Waals surface area contributed by atoms with Crippen molar-refractivity contribution in [3.05, 3.63) is 0 Å². The van der Waals surface area contributed by atoms with Crippen LogP contribution >= 0.6 is 11.6 Å². The summed E-state index contributed by atoms with van der Waals surface area (Å²) in [5.41, 5.74) is 0.687. The maximum absolute atomic E-state index is 5.46. The van der Waals surface area contributed by atoms with Gasteiger partial charge in [0.25, 0.3) is 0 Å². The first kappa shape index (κ1) is 5.99. The molecule has 9 heavy (non-hydrogen) atoms. The van der Waals surface area contributed by atoms with Crippen molar-refractivity contribution in [3.8, 4) is 0 Å². The van der Waals surface area contributed by atoms with E-state index in [4.69, 9.17) is 16.3 Å². The molecule has 2 aliphatic carbocycles. The third-order valence-electron chi connectivity index (χ3n) is 2.40. The summed E-state index contributed by atoms with van der Waals surface area (Å²) in [5.74, 6) is 0.645. The van der Waals surface area contributed by atoms with E-state index in [2.05, 4.69) is 0 Å². The molecule has 2 aliphatic rings. The lowest BCUT2D eigenvalue weighted by atomic mass is 10.4. The van der Waals surface area contributed by atoms with Crippen molar-refractivity contribution < 1.29 is 4.74 Å². The SMILES string of the molecule is ClCCOC1CC12CC2. The maximum Gasteiger partial charge on any atom is 0.0639 e. The molecule has 0 saturated heterocycles. The molecule has 0 aromatic carbocycles. The Balaban J connectivity index is 1.67. The van der Waals surface area contributed by atoms with Gasteiger partial charge in [0.1, 0.15) is 0 Å². The number of rotatable bonds is 3. The molecule has 0 radical (unpaired) electrons. The normalized spacial score (nSPS) is 35.0. The van der Waals surface area contributed by atoms with Crippen LogP contribution in [0.5, 0.6) is 0 Å². The number of alkyl halides is 1. The zero-order chi connectivity index (χ0) is 6.32. The average molecular weight is 147 g/mol. The van der Waals surface area contributed by atoms with Gasteiger partial charge in [-0.3, -0.25) is 0 Å². The Morgan fingerprint density at radius 3 is 2.78 bits per heavy atom. The van der Waals surface area contributed by atoms with E-state index < -0.39 is 0 Å². The van der Waals surface area contributed by atoms with Crippen LogP contribution < -0.4 is 0 Å². The average Bonchev–Trinajstić information content (AvgIpc) is 2.72. The van der Waals surface area contributed by atoms with Crippen LogP contribution in [0.1, 0.15) is 19.3 Å². The second-order valence-corrected chi connectivity index (χ2v) is 3.49. The van der Waals surface area contributed by atoms with Crippen LogP contribution in [0, 0.1) is 5.41 Å². The van der Waals surface area contributed by atoms with Gasteiger partial charge in [0.2, 0.25) is 0 Å². The molecule has 2 rings (SSSR count). The lowest BCUT2D eigenvalue weighted by Gasteiger charge is -1.96. The predicted octanol–water partition coefficient (Wildman–Crippen LogP) is 1.79. The van der Waals surface area contributed by atoms with Crippen LogP contribution in [-0.2, 0) is 4.74 Å². The zero-order valence-corrected chi connectivity index (χ0v) is 6.16. The molecule has 1 nitrogen and oxygen atoms in total.